The molecule has 36 heavy (non-hydrogen) atoms. The minimum absolute atomic E-state index is 0.00179. The third-order valence-electron chi connectivity index (χ3n) is 6.56. The Kier molecular flexibility index (Phi) is 6.49. The second-order valence-corrected chi connectivity index (χ2v) is 11.3. The summed E-state index contributed by atoms with van der Waals surface area (Å²) in [5.74, 6) is 0. The quantitative estimate of drug-likeness (QED) is 0.326. The molecule has 7 heteroatoms. The number of halogens is 3. The third kappa shape index (κ3) is 4.53. The minimum Gasteiger partial charge on any atom is -0.308 e. The highest BCUT2D eigenvalue weighted by atomic mass is 35.5. The molecule has 3 aliphatic heterocycles. The van der Waals surface area contributed by atoms with Gasteiger partial charge in [0.15, 0.2) is 5.17 Å². The van der Waals surface area contributed by atoms with Gasteiger partial charge in [0, 0.05) is 33.6 Å². The predicted octanol–water partition coefficient (Wildman–Crippen LogP) is 8.39. The molecule has 6 rings (SSSR count). The van der Waals surface area contributed by atoms with Crippen LogP contribution in [-0.2, 0) is 0 Å². The maximum atomic E-state index is 6.28. The molecular weight excluding hydrogens is 529 g/mol. The summed E-state index contributed by atoms with van der Waals surface area (Å²) < 4.78 is 0. The van der Waals surface area contributed by atoms with Gasteiger partial charge in [0.1, 0.15) is 0 Å². The molecule has 0 spiro atoms. The Bertz CT molecular complexity index is 1440. The second-order valence-electron chi connectivity index (χ2n) is 9.11. The Labute approximate surface area is 230 Å². The number of nitrogens with zero attached hydrogens (tertiary/aromatic N) is 3. The molecule has 0 fully saturated rings. The van der Waals surface area contributed by atoms with Crippen LogP contribution in [0.25, 0.3) is 11.8 Å². The van der Waals surface area contributed by atoms with E-state index in [0.29, 0.717) is 0 Å². The molecule has 0 amide bonds. The van der Waals surface area contributed by atoms with Gasteiger partial charge in [-0.2, -0.15) is 0 Å². The first-order valence-corrected chi connectivity index (χ1v) is 13.6. The van der Waals surface area contributed by atoms with Gasteiger partial charge in [-0.25, -0.2) is 4.99 Å². The average molecular weight is 551 g/mol. The summed E-state index contributed by atoms with van der Waals surface area (Å²) in [5, 5.41) is 5.35. The maximum absolute atomic E-state index is 6.28. The van der Waals surface area contributed by atoms with E-state index in [-0.39, 0.29) is 6.04 Å². The van der Waals surface area contributed by atoms with Gasteiger partial charge in [0.05, 0.1) is 17.4 Å². The molecule has 3 nitrogen and oxygen atoms in total. The van der Waals surface area contributed by atoms with Gasteiger partial charge in [-0.3, -0.25) is 4.90 Å². The normalized spacial score (nSPS) is 20.8. The van der Waals surface area contributed by atoms with E-state index < -0.39 is 0 Å². The number of amidine groups is 1. The number of hydrogen-bond donors (Lipinski definition) is 0. The predicted molar refractivity (Wildman–Crippen MR) is 154 cm³/mol. The van der Waals surface area contributed by atoms with Crippen molar-refractivity contribution in [2.24, 2.45) is 4.99 Å². The Morgan fingerprint density at radius 1 is 0.833 bits per heavy atom. The monoisotopic (exact) mass is 549 g/mol. The molecule has 3 aromatic carbocycles. The van der Waals surface area contributed by atoms with Crippen LogP contribution in [0, 0.1) is 0 Å². The number of aliphatic imine (C=N–C) groups is 1. The molecule has 0 aromatic heterocycles. The van der Waals surface area contributed by atoms with Gasteiger partial charge in [0.2, 0.25) is 0 Å². The molecule has 0 unspecified atom stereocenters. The van der Waals surface area contributed by atoms with Crippen LogP contribution in [0.4, 0.5) is 0 Å². The van der Waals surface area contributed by atoms with E-state index >= 15 is 0 Å². The van der Waals surface area contributed by atoms with Crippen LogP contribution in [0.15, 0.2) is 100 Å². The molecular formula is C29H22Cl3N3S. The van der Waals surface area contributed by atoms with E-state index in [4.69, 9.17) is 39.8 Å². The highest BCUT2D eigenvalue weighted by molar-refractivity contribution is 8.16. The first kappa shape index (κ1) is 23.9. The van der Waals surface area contributed by atoms with Crippen molar-refractivity contribution in [3.05, 3.63) is 127 Å². The molecule has 180 valence electrons. The van der Waals surface area contributed by atoms with E-state index in [1.54, 1.807) is 11.8 Å². The molecule has 0 aliphatic carbocycles. The van der Waals surface area contributed by atoms with Crippen LogP contribution in [0.2, 0.25) is 15.1 Å². The van der Waals surface area contributed by atoms with Crippen LogP contribution in [-0.4, -0.2) is 35.1 Å². The number of fused-ring (bicyclic) bond motifs is 1. The first-order valence-electron chi connectivity index (χ1n) is 11.6. The fourth-order valence-corrected chi connectivity index (χ4v) is 6.26. The molecule has 0 saturated carbocycles. The van der Waals surface area contributed by atoms with Gasteiger partial charge in [0.25, 0.3) is 0 Å². The van der Waals surface area contributed by atoms with E-state index in [0.717, 1.165) is 55.8 Å². The van der Waals surface area contributed by atoms with Crippen LogP contribution in [0.5, 0.6) is 0 Å². The van der Waals surface area contributed by atoms with Crippen molar-refractivity contribution in [2.75, 3.05) is 20.1 Å². The van der Waals surface area contributed by atoms with E-state index in [9.17, 15) is 0 Å². The molecule has 0 saturated heterocycles. The zero-order valence-corrected chi connectivity index (χ0v) is 22.5. The van der Waals surface area contributed by atoms with Crippen molar-refractivity contribution in [3.8, 4) is 0 Å². The smallest absolute Gasteiger partial charge is 0.174 e. The Morgan fingerprint density at radius 3 is 2.11 bits per heavy atom. The van der Waals surface area contributed by atoms with E-state index in [1.165, 1.54) is 16.7 Å². The number of rotatable bonds is 3. The first-order chi connectivity index (χ1) is 17.5. The Balaban J connectivity index is 1.50. The van der Waals surface area contributed by atoms with Crippen molar-refractivity contribution in [3.63, 3.8) is 0 Å². The standard InChI is InChI=1S/C29H22Cl3N3S/c1-34-15-21(14-18-2-8-22(30)9-3-18)27-25(16-34)28(20-6-12-24(32)13-7-20)35-26(17-36-29(35)33-27)19-4-10-23(31)11-5-19/h2-14,17,28H,15-16H2,1H3/b21-14+/t28-/m1/s1. The number of thioether (sulfide) groups is 1. The summed E-state index contributed by atoms with van der Waals surface area (Å²) in [6.07, 6.45) is 2.23. The summed E-state index contributed by atoms with van der Waals surface area (Å²) in [5.41, 5.74) is 8.08. The Hall–Kier alpha value is -2.47. The van der Waals surface area contributed by atoms with Crippen molar-refractivity contribution >= 4 is 63.5 Å². The summed E-state index contributed by atoms with van der Waals surface area (Å²) in [6, 6.07) is 24.1. The molecule has 0 radical (unpaired) electrons. The summed E-state index contributed by atoms with van der Waals surface area (Å²) in [4.78, 5) is 9.94. The maximum Gasteiger partial charge on any atom is 0.174 e. The molecule has 0 N–H and O–H groups in total. The van der Waals surface area contributed by atoms with E-state index in [2.05, 4.69) is 52.6 Å². The minimum atomic E-state index is -0.00179. The van der Waals surface area contributed by atoms with Crippen molar-refractivity contribution in [1.29, 1.82) is 0 Å². The number of hydrogen-bond acceptors (Lipinski definition) is 4. The van der Waals surface area contributed by atoms with Gasteiger partial charge in [-0.15, -0.1) is 0 Å². The summed E-state index contributed by atoms with van der Waals surface area (Å²) >= 11 is 20.3. The lowest BCUT2D eigenvalue weighted by Crippen LogP contribution is -2.40. The molecule has 3 aromatic rings. The van der Waals surface area contributed by atoms with Gasteiger partial charge in [-0.05, 0) is 77.4 Å². The summed E-state index contributed by atoms with van der Waals surface area (Å²) in [6.45, 7) is 1.65. The number of likely N-dealkylation sites (N-methyl/N-ethyl adjacent to an activating group) is 1. The van der Waals surface area contributed by atoms with E-state index in [1.807, 2.05) is 48.5 Å². The highest BCUT2D eigenvalue weighted by Crippen LogP contribution is 2.49. The van der Waals surface area contributed by atoms with Crippen LogP contribution >= 0.6 is 46.6 Å². The number of benzene rings is 3. The van der Waals surface area contributed by atoms with Gasteiger partial charge in [-0.1, -0.05) is 83.0 Å². The van der Waals surface area contributed by atoms with Gasteiger partial charge >= 0.3 is 0 Å². The average Bonchev–Trinajstić information content (AvgIpc) is 3.29. The zero-order valence-electron chi connectivity index (χ0n) is 19.5. The zero-order chi connectivity index (χ0) is 24.8. The fourth-order valence-electron chi connectivity index (χ4n) is 4.96. The third-order valence-corrected chi connectivity index (χ3v) is 8.16. The van der Waals surface area contributed by atoms with Gasteiger partial charge < -0.3 is 4.90 Å². The van der Waals surface area contributed by atoms with Crippen LogP contribution < -0.4 is 0 Å². The lowest BCUT2D eigenvalue weighted by molar-refractivity contribution is 0.344. The molecule has 0 bridgehead atoms. The van der Waals surface area contributed by atoms with Crippen molar-refractivity contribution < 1.29 is 0 Å². The van der Waals surface area contributed by atoms with Crippen molar-refractivity contribution in [2.45, 2.75) is 6.04 Å². The molecule has 3 heterocycles. The highest BCUT2D eigenvalue weighted by Gasteiger charge is 2.41. The fraction of sp³-hybridized carbons (Fsp3) is 0.138. The largest absolute Gasteiger partial charge is 0.308 e. The molecule has 1 atom stereocenters. The topological polar surface area (TPSA) is 18.8 Å². The lowest BCUT2D eigenvalue weighted by Gasteiger charge is -2.42. The van der Waals surface area contributed by atoms with Crippen molar-refractivity contribution in [1.82, 2.24) is 9.80 Å². The molecule has 3 aliphatic rings. The lowest BCUT2D eigenvalue weighted by atomic mass is 9.88. The van der Waals surface area contributed by atoms with Crippen LogP contribution in [0.1, 0.15) is 22.7 Å². The Morgan fingerprint density at radius 2 is 1.44 bits per heavy atom. The summed E-state index contributed by atoms with van der Waals surface area (Å²) in [7, 11) is 2.16. The van der Waals surface area contributed by atoms with Crippen LogP contribution in [0.3, 0.4) is 0 Å². The SMILES string of the molecule is CN1CC2=C(N=C3SC=C(c4ccc(Cl)cc4)N3[C@@H]2c2ccc(Cl)cc2)/C(=C/c2ccc(Cl)cc2)C1. The second kappa shape index (κ2) is 9.77.